The molecule has 0 aliphatic heterocycles. The number of aromatic nitrogens is 5. The number of methoxy groups -OCH3 is 1. The zero-order valence-electron chi connectivity index (χ0n) is 21.2. The molecule has 0 aliphatic carbocycles. The first kappa shape index (κ1) is 28.3. The summed E-state index contributed by atoms with van der Waals surface area (Å²) in [5.41, 5.74) is 4.03. The van der Waals surface area contributed by atoms with Crippen LogP contribution < -0.4 is 10.6 Å². The maximum Gasteiger partial charge on any atom is 0.229 e. The van der Waals surface area contributed by atoms with Crippen LogP contribution >= 0.6 is 9.24 Å². The molecule has 1 N–H and O–H groups in total. The largest absolute Gasteiger partial charge is 0.382 e. The molecule has 3 rings (SSSR count). The second-order valence-corrected chi connectivity index (χ2v) is 8.07. The van der Waals surface area contributed by atoms with Crippen LogP contribution in [-0.2, 0) is 9.47 Å². The third-order valence-electron chi connectivity index (χ3n) is 4.87. The minimum absolute atomic E-state index is 0.471. The molecule has 188 valence electrons. The Hall–Kier alpha value is -2.93. The van der Waals surface area contributed by atoms with Gasteiger partial charge >= 0.3 is 0 Å². The van der Waals surface area contributed by atoms with E-state index in [-0.39, 0.29) is 0 Å². The molecule has 0 bridgehead atoms. The number of rotatable bonds is 13. The highest BCUT2D eigenvalue weighted by Gasteiger charge is 2.11. The zero-order valence-corrected chi connectivity index (χ0v) is 22.4. The van der Waals surface area contributed by atoms with Crippen molar-refractivity contribution in [1.29, 1.82) is 0 Å². The number of nitrogens with zero attached hydrogens (tertiary/aromatic N) is 5. The van der Waals surface area contributed by atoms with E-state index in [9.17, 15) is 0 Å². The van der Waals surface area contributed by atoms with Gasteiger partial charge in [0.05, 0.1) is 31.7 Å². The Bertz CT molecular complexity index is 1110. The van der Waals surface area contributed by atoms with E-state index in [2.05, 4.69) is 53.6 Å². The number of hydrogen-bond donors (Lipinski definition) is 1. The molecule has 0 aliphatic rings. The average molecular weight is 497 g/mol. The molecule has 0 saturated carbocycles. The van der Waals surface area contributed by atoms with Gasteiger partial charge < -0.3 is 14.8 Å². The van der Waals surface area contributed by atoms with Gasteiger partial charge in [-0.15, -0.1) is 14.3 Å². The molecule has 2 heterocycles. The lowest BCUT2D eigenvalue weighted by Gasteiger charge is -2.10. The number of allylic oxidation sites excluding steroid dienone is 4. The fourth-order valence-corrected chi connectivity index (χ4v) is 3.32. The van der Waals surface area contributed by atoms with Crippen molar-refractivity contribution in [3.8, 4) is 0 Å². The number of hydrogen-bond acceptors (Lipinski definition) is 7. The van der Waals surface area contributed by atoms with Crippen LogP contribution in [0.2, 0.25) is 0 Å². The summed E-state index contributed by atoms with van der Waals surface area (Å²) in [4.78, 5) is 8.97. The van der Waals surface area contributed by atoms with E-state index in [1.54, 1.807) is 18.0 Å². The number of nitrogens with one attached hydrogen (secondary N) is 1. The van der Waals surface area contributed by atoms with Gasteiger partial charge in [0.2, 0.25) is 5.95 Å². The predicted octanol–water partition coefficient (Wildman–Crippen LogP) is 5.30. The predicted molar refractivity (Wildman–Crippen MR) is 148 cm³/mol. The molecule has 1 unspecified atom stereocenters. The molecule has 35 heavy (non-hydrogen) atoms. The van der Waals surface area contributed by atoms with Crippen LogP contribution in [-0.4, -0.2) is 51.9 Å². The van der Waals surface area contributed by atoms with Gasteiger partial charge in [0.25, 0.3) is 0 Å². The number of fused-ring (bicyclic) bond motifs is 1. The first-order valence-electron chi connectivity index (χ1n) is 11.9. The van der Waals surface area contributed by atoms with Crippen LogP contribution in [0.15, 0.2) is 60.8 Å². The number of benzene rings is 1. The van der Waals surface area contributed by atoms with Crippen LogP contribution in [0.25, 0.3) is 16.9 Å². The maximum atomic E-state index is 5.65. The van der Waals surface area contributed by atoms with E-state index in [4.69, 9.17) is 9.47 Å². The summed E-state index contributed by atoms with van der Waals surface area (Å²) < 4.78 is 12.3. The summed E-state index contributed by atoms with van der Waals surface area (Å²) in [7, 11) is 4.34. The quantitative estimate of drug-likeness (QED) is 0.149. The second kappa shape index (κ2) is 15.9. The van der Waals surface area contributed by atoms with Gasteiger partial charge in [-0.1, -0.05) is 55.5 Å². The SMILES string of the molecule is C=C(/C=C(\CC/C=C\C)CCOCCOC)n1nnc2cnc(Nc3ccc(P)cc3)nc21.CC. The van der Waals surface area contributed by atoms with E-state index in [1.807, 2.05) is 51.1 Å². The Balaban J connectivity index is 0.00000210. The first-order valence-corrected chi connectivity index (χ1v) is 12.5. The van der Waals surface area contributed by atoms with Gasteiger partial charge in [-0.25, -0.2) is 4.98 Å². The van der Waals surface area contributed by atoms with E-state index in [1.165, 1.54) is 5.57 Å². The van der Waals surface area contributed by atoms with Crippen molar-refractivity contribution in [2.45, 2.75) is 40.0 Å². The lowest BCUT2D eigenvalue weighted by Crippen LogP contribution is -2.05. The Morgan fingerprint density at radius 1 is 1.14 bits per heavy atom. The van der Waals surface area contributed by atoms with Crippen LogP contribution in [0.1, 0.15) is 40.0 Å². The minimum Gasteiger partial charge on any atom is -0.382 e. The van der Waals surface area contributed by atoms with Gasteiger partial charge in [0.15, 0.2) is 11.2 Å². The summed E-state index contributed by atoms with van der Waals surface area (Å²) in [6.07, 6.45) is 10.6. The number of anilines is 2. The molecule has 3 aromatic rings. The Morgan fingerprint density at radius 3 is 2.63 bits per heavy atom. The van der Waals surface area contributed by atoms with E-state index < -0.39 is 0 Å². The van der Waals surface area contributed by atoms with Gasteiger partial charge in [-0.05, 0) is 49.7 Å². The molecule has 2 aromatic heterocycles. The van der Waals surface area contributed by atoms with Crippen LogP contribution in [0, 0.1) is 0 Å². The molecule has 0 spiro atoms. The standard InChI is InChI=1S/C24H31N6O2P.C2H6/c1-4-5-6-7-19(12-13-32-15-14-31-3)16-18(2)30-23-22(28-29-30)17-25-24(27-23)26-20-8-10-21(33)11-9-20;1-2/h4-5,8-11,16-17H,2,6-7,12-15,33H2,1,3H3,(H,25,26,27);1-2H3/b5-4-,19-16+;. The average Bonchev–Trinajstić information content (AvgIpc) is 3.30. The van der Waals surface area contributed by atoms with Crippen LogP contribution in [0.3, 0.4) is 0 Å². The number of ether oxygens (including phenoxy) is 2. The molecule has 0 amide bonds. The third kappa shape index (κ3) is 9.32. The summed E-state index contributed by atoms with van der Waals surface area (Å²) >= 11 is 0. The fourth-order valence-electron chi connectivity index (χ4n) is 3.13. The lowest BCUT2D eigenvalue weighted by atomic mass is 10.1. The summed E-state index contributed by atoms with van der Waals surface area (Å²) in [6.45, 7) is 12.0. The van der Waals surface area contributed by atoms with E-state index >= 15 is 0 Å². The van der Waals surface area contributed by atoms with Crippen LogP contribution in [0.5, 0.6) is 0 Å². The zero-order chi connectivity index (χ0) is 25.5. The third-order valence-corrected chi connectivity index (χ3v) is 5.25. The molecule has 0 radical (unpaired) electrons. The summed E-state index contributed by atoms with van der Waals surface area (Å²) in [6, 6.07) is 7.94. The molecule has 1 atom stereocenters. The van der Waals surface area contributed by atoms with E-state index in [0.29, 0.717) is 42.6 Å². The Morgan fingerprint density at radius 2 is 1.91 bits per heavy atom. The smallest absolute Gasteiger partial charge is 0.229 e. The normalized spacial score (nSPS) is 11.5. The highest BCUT2D eigenvalue weighted by atomic mass is 31.0. The summed E-state index contributed by atoms with van der Waals surface area (Å²) in [5.74, 6) is 0.471. The van der Waals surface area contributed by atoms with Crippen molar-refractivity contribution in [3.63, 3.8) is 0 Å². The van der Waals surface area contributed by atoms with Crippen molar-refractivity contribution in [2.75, 3.05) is 32.2 Å². The van der Waals surface area contributed by atoms with E-state index in [0.717, 1.165) is 30.3 Å². The Kier molecular flexibility index (Phi) is 12.8. The van der Waals surface area contributed by atoms with Gasteiger partial charge in [0.1, 0.15) is 0 Å². The fraction of sp³-hybridized carbons (Fsp3) is 0.385. The van der Waals surface area contributed by atoms with Crippen molar-refractivity contribution in [2.24, 2.45) is 0 Å². The maximum absolute atomic E-state index is 5.65. The molecule has 9 heteroatoms. The van der Waals surface area contributed by atoms with Gasteiger partial charge in [-0.2, -0.15) is 9.67 Å². The first-order chi connectivity index (χ1) is 17.1. The molecule has 0 fully saturated rings. The van der Waals surface area contributed by atoms with Crippen LogP contribution in [0.4, 0.5) is 11.6 Å². The highest BCUT2D eigenvalue weighted by Crippen LogP contribution is 2.20. The molecule has 1 aromatic carbocycles. The molecule has 0 saturated heterocycles. The van der Waals surface area contributed by atoms with Crippen molar-refractivity contribution in [3.05, 3.63) is 60.8 Å². The Labute approximate surface area is 210 Å². The minimum atomic E-state index is 0.471. The second-order valence-electron chi connectivity index (χ2n) is 7.41. The highest BCUT2D eigenvalue weighted by molar-refractivity contribution is 7.27. The van der Waals surface area contributed by atoms with Gasteiger partial charge in [0, 0.05) is 12.8 Å². The molecular weight excluding hydrogens is 459 g/mol. The van der Waals surface area contributed by atoms with Crippen molar-refractivity contribution < 1.29 is 9.47 Å². The van der Waals surface area contributed by atoms with Gasteiger partial charge in [-0.3, -0.25) is 0 Å². The topological polar surface area (TPSA) is 87.0 Å². The van der Waals surface area contributed by atoms with Crippen molar-refractivity contribution >= 4 is 43.0 Å². The lowest BCUT2D eigenvalue weighted by molar-refractivity contribution is 0.0720. The molecular formula is C26H37N6O2P. The monoisotopic (exact) mass is 496 g/mol. The molecule has 8 nitrogen and oxygen atoms in total. The van der Waals surface area contributed by atoms with Crippen molar-refractivity contribution in [1.82, 2.24) is 25.0 Å². The summed E-state index contributed by atoms with van der Waals surface area (Å²) in [5, 5.41) is 12.8.